The minimum atomic E-state index is -0.166. The van der Waals surface area contributed by atoms with Gasteiger partial charge in [0.2, 0.25) is 5.91 Å². The second kappa shape index (κ2) is 7.38. The summed E-state index contributed by atoms with van der Waals surface area (Å²) in [5.74, 6) is 0.251. The van der Waals surface area contributed by atoms with Crippen LogP contribution in [0, 0.1) is 5.41 Å². The monoisotopic (exact) mass is 282 g/mol. The van der Waals surface area contributed by atoms with E-state index < -0.39 is 0 Å². The van der Waals surface area contributed by atoms with Gasteiger partial charge in [0, 0.05) is 45.8 Å². The number of nitrogens with zero attached hydrogens (tertiary/aromatic N) is 2. The third-order valence-corrected chi connectivity index (χ3v) is 4.94. The van der Waals surface area contributed by atoms with E-state index in [1.165, 1.54) is 0 Å². The van der Waals surface area contributed by atoms with Crippen molar-refractivity contribution in [2.45, 2.75) is 26.2 Å². The number of carbonyl (C=O) groups excluding carboxylic acids is 1. The van der Waals surface area contributed by atoms with E-state index >= 15 is 0 Å². The molecule has 0 saturated carbocycles. The predicted molar refractivity (Wildman–Crippen MR) is 81.8 cm³/mol. The quantitative estimate of drug-likeness (QED) is 0.752. The summed E-state index contributed by atoms with van der Waals surface area (Å²) in [7, 11) is 2.17. The fourth-order valence-electron chi connectivity index (χ4n) is 3.21. The predicted octanol–water partition coefficient (Wildman–Crippen LogP) is 0.130. The third-order valence-electron chi connectivity index (χ3n) is 4.94. The normalized spacial score (nSPS) is 29.3. The van der Waals surface area contributed by atoms with Gasteiger partial charge in [-0.25, -0.2) is 0 Å². The van der Waals surface area contributed by atoms with Crippen LogP contribution in [0.15, 0.2) is 0 Å². The van der Waals surface area contributed by atoms with Gasteiger partial charge in [0.05, 0.1) is 5.41 Å². The highest BCUT2D eigenvalue weighted by Crippen LogP contribution is 2.30. The summed E-state index contributed by atoms with van der Waals surface area (Å²) in [6, 6.07) is 0. The number of piperazine rings is 1. The van der Waals surface area contributed by atoms with Gasteiger partial charge in [-0.05, 0) is 32.9 Å². The molecule has 2 aliphatic heterocycles. The molecule has 2 fully saturated rings. The van der Waals surface area contributed by atoms with Gasteiger partial charge in [0.25, 0.3) is 0 Å². The molecule has 1 amide bonds. The van der Waals surface area contributed by atoms with E-state index in [1.54, 1.807) is 0 Å². The highest BCUT2D eigenvalue weighted by molar-refractivity contribution is 5.83. The van der Waals surface area contributed by atoms with Crippen LogP contribution in [-0.2, 0) is 4.79 Å². The summed E-state index contributed by atoms with van der Waals surface area (Å²) in [6.07, 6.45) is 3.07. The van der Waals surface area contributed by atoms with Crippen molar-refractivity contribution in [1.29, 1.82) is 0 Å². The van der Waals surface area contributed by atoms with Crippen LogP contribution < -0.4 is 10.6 Å². The van der Waals surface area contributed by atoms with Crippen molar-refractivity contribution in [2.75, 3.05) is 59.4 Å². The number of amides is 1. The second-order valence-electron chi connectivity index (χ2n) is 6.32. The van der Waals surface area contributed by atoms with E-state index in [-0.39, 0.29) is 11.3 Å². The molecule has 2 N–H and O–H groups in total. The van der Waals surface area contributed by atoms with Crippen molar-refractivity contribution >= 4 is 5.91 Å². The van der Waals surface area contributed by atoms with E-state index in [9.17, 15) is 4.79 Å². The molecule has 5 nitrogen and oxygen atoms in total. The Morgan fingerprint density at radius 1 is 1.30 bits per heavy atom. The smallest absolute Gasteiger partial charge is 0.227 e. The summed E-state index contributed by atoms with van der Waals surface area (Å²) in [6.45, 7) is 10.3. The Kier molecular flexibility index (Phi) is 5.81. The number of hydrogen-bond donors (Lipinski definition) is 2. The van der Waals surface area contributed by atoms with Crippen molar-refractivity contribution in [1.82, 2.24) is 20.4 Å². The standard InChI is InChI=1S/C15H30N4O/c1-3-15(5-4-6-16-13-15)14(20)17-7-8-19-11-9-18(2)10-12-19/h16H,3-13H2,1-2H3,(H,17,20). The molecule has 0 aliphatic carbocycles. The SMILES string of the molecule is CCC1(C(=O)NCCN2CCN(C)CC2)CCCNC1. The van der Waals surface area contributed by atoms with Crippen LogP contribution in [0.3, 0.4) is 0 Å². The molecule has 1 unspecified atom stereocenters. The lowest BCUT2D eigenvalue weighted by Crippen LogP contribution is -2.52. The van der Waals surface area contributed by atoms with Crippen molar-refractivity contribution < 1.29 is 4.79 Å². The lowest BCUT2D eigenvalue weighted by Gasteiger charge is -2.36. The lowest BCUT2D eigenvalue weighted by atomic mass is 9.77. The zero-order valence-corrected chi connectivity index (χ0v) is 13.1. The number of hydrogen-bond acceptors (Lipinski definition) is 4. The molecular weight excluding hydrogens is 252 g/mol. The molecule has 2 rings (SSSR count). The van der Waals surface area contributed by atoms with E-state index in [0.29, 0.717) is 0 Å². The first-order valence-corrected chi connectivity index (χ1v) is 8.06. The van der Waals surface area contributed by atoms with Crippen LogP contribution in [-0.4, -0.2) is 75.1 Å². The summed E-state index contributed by atoms with van der Waals surface area (Å²) in [4.78, 5) is 17.3. The van der Waals surface area contributed by atoms with E-state index in [2.05, 4.69) is 34.4 Å². The molecule has 0 bridgehead atoms. The maximum Gasteiger partial charge on any atom is 0.227 e. The average Bonchev–Trinajstić information content (AvgIpc) is 2.50. The Morgan fingerprint density at radius 2 is 2.05 bits per heavy atom. The van der Waals surface area contributed by atoms with E-state index in [0.717, 1.165) is 71.6 Å². The van der Waals surface area contributed by atoms with Crippen molar-refractivity contribution in [2.24, 2.45) is 5.41 Å². The van der Waals surface area contributed by atoms with Gasteiger partial charge < -0.3 is 15.5 Å². The Balaban J connectivity index is 1.71. The molecule has 5 heteroatoms. The molecule has 20 heavy (non-hydrogen) atoms. The van der Waals surface area contributed by atoms with Gasteiger partial charge in [-0.3, -0.25) is 9.69 Å². The largest absolute Gasteiger partial charge is 0.354 e. The van der Waals surface area contributed by atoms with Crippen LogP contribution >= 0.6 is 0 Å². The summed E-state index contributed by atoms with van der Waals surface area (Å²) < 4.78 is 0. The van der Waals surface area contributed by atoms with Gasteiger partial charge in [-0.15, -0.1) is 0 Å². The van der Waals surface area contributed by atoms with Crippen LogP contribution in [0.5, 0.6) is 0 Å². The van der Waals surface area contributed by atoms with Crippen LogP contribution in [0.4, 0.5) is 0 Å². The zero-order valence-electron chi connectivity index (χ0n) is 13.1. The highest BCUT2D eigenvalue weighted by atomic mass is 16.2. The van der Waals surface area contributed by atoms with Gasteiger partial charge in [-0.2, -0.15) is 0 Å². The van der Waals surface area contributed by atoms with Crippen LogP contribution in [0.2, 0.25) is 0 Å². The van der Waals surface area contributed by atoms with Gasteiger partial charge >= 0.3 is 0 Å². The Bertz CT molecular complexity index is 307. The molecule has 0 aromatic heterocycles. The molecule has 0 spiro atoms. The summed E-state index contributed by atoms with van der Waals surface area (Å²) in [5.41, 5.74) is -0.166. The first-order valence-electron chi connectivity index (χ1n) is 8.06. The number of carbonyl (C=O) groups is 1. The zero-order chi connectivity index (χ0) is 14.4. The molecule has 2 aliphatic rings. The maximum absolute atomic E-state index is 12.5. The molecule has 0 aromatic carbocycles. The molecule has 2 heterocycles. The number of piperidine rings is 1. The highest BCUT2D eigenvalue weighted by Gasteiger charge is 2.37. The molecular formula is C15H30N4O. The van der Waals surface area contributed by atoms with Crippen molar-refractivity contribution in [3.05, 3.63) is 0 Å². The van der Waals surface area contributed by atoms with Crippen LogP contribution in [0.1, 0.15) is 26.2 Å². The molecule has 116 valence electrons. The van der Waals surface area contributed by atoms with E-state index in [4.69, 9.17) is 0 Å². The molecule has 0 aromatic rings. The minimum Gasteiger partial charge on any atom is -0.354 e. The molecule has 1 atom stereocenters. The van der Waals surface area contributed by atoms with Gasteiger partial charge in [0.15, 0.2) is 0 Å². The summed E-state index contributed by atoms with van der Waals surface area (Å²) in [5, 5.41) is 6.54. The molecule has 0 radical (unpaired) electrons. The minimum absolute atomic E-state index is 0.166. The molecule has 2 saturated heterocycles. The van der Waals surface area contributed by atoms with Crippen molar-refractivity contribution in [3.63, 3.8) is 0 Å². The summed E-state index contributed by atoms with van der Waals surface area (Å²) >= 11 is 0. The second-order valence-corrected chi connectivity index (χ2v) is 6.32. The first kappa shape index (κ1) is 15.7. The Labute approximate surface area is 123 Å². The lowest BCUT2D eigenvalue weighted by molar-refractivity contribution is -0.132. The average molecular weight is 282 g/mol. The van der Waals surface area contributed by atoms with Gasteiger partial charge in [-0.1, -0.05) is 6.92 Å². The van der Waals surface area contributed by atoms with Crippen molar-refractivity contribution in [3.8, 4) is 0 Å². The fraction of sp³-hybridized carbons (Fsp3) is 0.933. The van der Waals surface area contributed by atoms with Crippen LogP contribution in [0.25, 0.3) is 0 Å². The van der Waals surface area contributed by atoms with E-state index in [1.807, 2.05) is 0 Å². The number of nitrogens with one attached hydrogen (secondary N) is 2. The first-order chi connectivity index (χ1) is 9.66. The third kappa shape index (κ3) is 3.93. The Morgan fingerprint density at radius 3 is 2.65 bits per heavy atom. The van der Waals surface area contributed by atoms with Gasteiger partial charge in [0.1, 0.15) is 0 Å². The number of rotatable bonds is 5. The maximum atomic E-state index is 12.5. The topological polar surface area (TPSA) is 47.6 Å². The Hall–Kier alpha value is -0.650. The number of likely N-dealkylation sites (N-methyl/N-ethyl adjacent to an activating group) is 1. The fourth-order valence-corrected chi connectivity index (χ4v) is 3.21.